The normalized spacial score (nSPS) is 11.8. The van der Waals surface area contributed by atoms with Crippen LogP contribution in [0.1, 0.15) is 45.6 Å². The summed E-state index contributed by atoms with van der Waals surface area (Å²) in [6.07, 6.45) is 3.91. The van der Waals surface area contributed by atoms with Crippen molar-refractivity contribution in [1.82, 2.24) is 0 Å². The second-order valence-corrected chi connectivity index (χ2v) is 9.33. The third-order valence-corrected chi connectivity index (χ3v) is 6.72. The van der Waals surface area contributed by atoms with Crippen molar-refractivity contribution >= 4 is 31.4 Å². The lowest BCUT2D eigenvalue weighted by Gasteiger charge is -2.29. The number of halogens is 1. The molecular formula is C17H29IO3Si. The van der Waals surface area contributed by atoms with Crippen LogP contribution in [-0.4, -0.2) is 28.6 Å². The lowest BCUT2D eigenvalue weighted by Crippen LogP contribution is -2.47. The zero-order valence-electron chi connectivity index (χ0n) is 14.1. The molecule has 22 heavy (non-hydrogen) atoms. The Labute approximate surface area is 150 Å². The maximum absolute atomic E-state index is 6.12. The van der Waals surface area contributed by atoms with E-state index in [0.717, 1.165) is 31.7 Å². The van der Waals surface area contributed by atoms with E-state index in [4.69, 9.17) is 13.3 Å². The maximum atomic E-state index is 6.12. The van der Waals surface area contributed by atoms with Crippen molar-refractivity contribution in [2.24, 2.45) is 0 Å². The minimum atomic E-state index is -2.56. The van der Waals surface area contributed by atoms with Gasteiger partial charge in [0.1, 0.15) is 0 Å². The molecule has 0 aliphatic carbocycles. The van der Waals surface area contributed by atoms with Crippen LogP contribution in [0.2, 0.25) is 6.04 Å². The van der Waals surface area contributed by atoms with E-state index in [9.17, 15) is 0 Å². The van der Waals surface area contributed by atoms with Gasteiger partial charge in [-0.1, -0.05) is 32.9 Å². The third kappa shape index (κ3) is 7.54. The molecule has 1 aromatic rings. The van der Waals surface area contributed by atoms with Gasteiger partial charge in [0.05, 0.1) is 0 Å². The maximum Gasteiger partial charge on any atom is 0.501 e. The largest absolute Gasteiger partial charge is 0.501 e. The predicted octanol–water partition coefficient (Wildman–Crippen LogP) is 5.05. The van der Waals surface area contributed by atoms with E-state index >= 15 is 0 Å². The smallest absolute Gasteiger partial charge is 0.373 e. The first-order valence-corrected chi connectivity index (χ1v) is 11.3. The Hall–Kier alpha value is 0.0469. The zero-order chi connectivity index (χ0) is 16.3. The molecular weight excluding hydrogens is 407 g/mol. The highest BCUT2D eigenvalue weighted by molar-refractivity contribution is 14.1. The van der Waals surface area contributed by atoms with Gasteiger partial charge in [-0.25, -0.2) is 0 Å². The zero-order valence-corrected chi connectivity index (χ0v) is 17.2. The molecule has 0 unspecified atom stereocenters. The van der Waals surface area contributed by atoms with Crippen LogP contribution in [-0.2, 0) is 19.7 Å². The van der Waals surface area contributed by atoms with Crippen LogP contribution in [0.3, 0.4) is 0 Å². The Bertz CT molecular complexity index is 376. The molecule has 0 saturated heterocycles. The molecule has 0 N–H and O–H groups in total. The predicted molar refractivity (Wildman–Crippen MR) is 102 cm³/mol. The standard InChI is InChI=1S/C17H29IO3Si/c1-4-12-19-22(20-13-5-2,21-14-6-3)15-11-16-7-9-17(18)10-8-16/h7-10H,4-6,11-15H2,1-3H3. The summed E-state index contributed by atoms with van der Waals surface area (Å²) in [5.41, 5.74) is 1.32. The molecule has 0 spiro atoms. The van der Waals surface area contributed by atoms with Crippen molar-refractivity contribution in [1.29, 1.82) is 0 Å². The summed E-state index contributed by atoms with van der Waals surface area (Å²) in [6, 6.07) is 9.51. The van der Waals surface area contributed by atoms with Gasteiger partial charge in [-0.2, -0.15) is 0 Å². The van der Waals surface area contributed by atoms with Crippen molar-refractivity contribution in [2.45, 2.75) is 52.5 Å². The average Bonchev–Trinajstić information content (AvgIpc) is 2.55. The summed E-state index contributed by atoms with van der Waals surface area (Å²) in [7, 11) is -2.56. The van der Waals surface area contributed by atoms with Crippen molar-refractivity contribution in [3.05, 3.63) is 33.4 Å². The summed E-state index contributed by atoms with van der Waals surface area (Å²) in [5.74, 6) is 0. The number of rotatable bonds is 12. The van der Waals surface area contributed by atoms with Gasteiger partial charge in [-0.05, 0) is 66.0 Å². The Morgan fingerprint density at radius 3 is 1.68 bits per heavy atom. The van der Waals surface area contributed by atoms with Gasteiger partial charge in [0, 0.05) is 29.4 Å². The van der Waals surface area contributed by atoms with E-state index in [1.807, 2.05) is 0 Å². The van der Waals surface area contributed by atoms with Gasteiger partial charge in [0.2, 0.25) is 0 Å². The van der Waals surface area contributed by atoms with Gasteiger partial charge in [0.15, 0.2) is 0 Å². The molecule has 3 nitrogen and oxygen atoms in total. The molecule has 0 bridgehead atoms. The van der Waals surface area contributed by atoms with E-state index in [0.29, 0.717) is 19.8 Å². The molecule has 126 valence electrons. The Morgan fingerprint density at radius 2 is 1.27 bits per heavy atom. The van der Waals surface area contributed by atoms with Crippen LogP contribution in [0.4, 0.5) is 0 Å². The van der Waals surface area contributed by atoms with Gasteiger partial charge in [0.25, 0.3) is 0 Å². The quantitative estimate of drug-likeness (QED) is 0.339. The molecule has 5 heteroatoms. The molecule has 1 aromatic carbocycles. The summed E-state index contributed by atoms with van der Waals surface area (Å²) in [6.45, 7) is 8.51. The summed E-state index contributed by atoms with van der Waals surface area (Å²) in [4.78, 5) is 0. The highest BCUT2D eigenvalue weighted by Gasteiger charge is 2.40. The van der Waals surface area contributed by atoms with Crippen LogP contribution in [0.15, 0.2) is 24.3 Å². The number of aryl methyl sites for hydroxylation is 1. The second-order valence-electron chi connectivity index (χ2n) is 5.35. The molecule has 0 amide bonds. The lowest BCUT2D eigenvalue weighted by molar-refractivity contribution is 0.0593. The van der Waals surface area contributed by atoms with Crippen LogP contribution in [0.5, 0.6) is 0 Å². The highest BCUT2D eigenvalue weighted by atomic mass is 127. The molecule has 0 heterocycles. The molecule has 0 aliphatic heterocycles. The fourth-order valence-electron chi connectivity index (χ4n) is 2.06. The second kappa shape index (κ2) is 11.6. The Morgan fingerprint density at radius 1 is 0.818 bits per heavy atom. The monoisotopic (exact) mass is 436 g/mol. The van der Waals surface area contributed by atoms with Crippen LogP contribution >= 0.6 is 22.6 Å². The summed E-state index contributed by atoms with van der Waals surface area (Å²) >= 11 is 2.33. The molecule has 0 aromatic heterocycles. The lowest BCUT2D eigenvalue weighted by atomic mass is 10.2. The summed E-state index contributed by atoms with van der Waals surface area (Å²) in [5, 5.41) is 0. The molecule has 0 radical (unpaired) electrons. The van der Waals surface area contributed by atoms with Crippen molar-refractivity contribution < 1.29 is 13.3 Å². The Balaban J connectivity index is 2.72. The van der Waals surface area contributed by atoms with Crippen LogP contribution < -0.4 is 0 Å². The van der Waals surface area contributed by atoms with Gasteiger partial charge >= 0.3 is 8.80 Å². The number of hydrogen-bond donors (Lipinski definition) is 0. The first kappa shape index (κ1) is 20.1. The van der Waals surface area contributed by atoms with Crippen molar-refractivity contribution in [3.63, 3.8) is 0 Å². The van der Waals surface area contributed by atoms with Gasteiger partial charge < -0.3 is 13.3 Å². The Kier molecular flexibility index (Phi) is 10.6. The van der Waals surface area contributed by atoms with E-state index in [1.165, 1.54) is 9.13 Å². The number of hydrogen-bond acceptors (Lipinski definition) is 3. The van der Waals surface area contributed by atoms with Crippen LogP contribution in [0, 0.1) is 3.57 Å². The summed E-state index contributed by atoms with van der Waals surface area (Å²) < 4.78 is 19.6. The third-order valence-electron chi connectivity index (χ3n) is 3.21. The van der Waals surface area contributed by atoms with Gasteiger partial charge in [-0.3, -0.25) is 0 Å². The van der Waals surface area contributed by atoms with Crippen LogP contribution in [0.25, 0.3) is 0 Å². The minimum Gasteiger partial charge on any atom is -0.373 e. The fraction of sp³-hybridized carbons (Fsp3) is 0.647. The molecule has 0 aliphatic rings. The first-order valence-electron chi connectivity index (χ1n) is 8.32. The number of benzene rings is 1. The highest BCUT2D eigenvalue weighted by Crippen LogP contribution is 2.21. The first-order chi connectivity index (χ1) is 10.7. The average molecular weight is 436 g/mol. The van der Waals surface area contributed by atoms with E-state index in [2.05, 4.69) is 67.6 Å². The SMILES string of the molecule is CCCO[Si](CCc1ccc(I)cc1)(OCCC)OCCC. The van der Waals surface area contributed by atoms with E-state index in [1.54, 1.807) is 0 Å². The fourth-order valence-corrected chi connectivity index (χ4v) is 5.25. The van der Waals surface area contributed by atoms with E-state index < -0.39 is 8.80 Å². The topological polar surface area (TPSA) is 27.7 Å². The van der Waals surface area contributed by atoms with Crippen molar-refractivity contribution in [3.8, 4) is 0 Å². The van der Waals surface area contributed by atoms with E-state index in [-0.39, 0.29) is 0 Å². The van der Waals surface area contributed by atoms with Crippen molar-refractivity contribution in [2.75, 3.05) is 19.8 Å². The molecule has 1 rings (SSSR count). The molecule has 0 saturated carbocycles. The minimum absolute atomic E-state index is 0.715. The molecule has 0 fully saturated rings. The van der Waals surface area contributed by atoms with Gasteiger partial charge in [-0.15, -0.1) is 0 Å². The molecule has 0 atom stereocenters.